The average molecular weight is 342 g/mol. The van der Waals surface area contributed by atoms with E-state index in [-0.39, 0.29) is 18.7 Å². The Hall–Kier alpha value is -2.71. The highest BCUT2D eigenvalue weighted by molar-refractivity contribution is 6.07. The first-order chi connectivity index (χ1) is 11.3. The number of alkyl halides is 2. The number of halogens is 2. The van der Waals surface area contributed by atoms with Crippen molar-refractivity contribution in [2.45, 2.75) is 25.5 Å². The van der Waals surface area contributed by atoms with E-state index in [0.717, 1.165) is 4.90 Å². The molecule has 1 saturated heterocycles. The molecule has 1 N–H and O–H groups in total. The van der Waals surface area contributed by atoms with Gasteiger partial charge in [0.25, 0.3) is 5.91 Å². The number of imide groups is 1. The number of urea groups is 1. The molecule has 1 aromatic carbocycles. The molecule has 0 aromatic heterocycles. The molecule has 3 amide bonds. The molecule has 130 valence electrons. The number of hydrogen-bond acceptors (Lipinski definition) is 5. The zero-order valence-electron chi connectivity index (χ0n) is 13.0. The Morgan fingerprint density at radius 3 is 2.46 bits per heavy atom. The maximum Gasteiger partial charge on any atom is 0.387 e. The third-order valence-corrected chi connectivity index (χ3v) is 3.70. The SMILES string of the molecule is COC(=O)CCN1C(=O)N[C@@](C)(c2ccc(OC(F)F)cc2)C1=O. The first-order valence-corrected chi connectivity index (χ1v) is 7.04. The Morgan fingerprint density at radius 1 is 1.29 bits per heavy atom. The van der Waals surface area contributed by atoms with Crippen LogP contribution >= 0.6 is 0 Å². The van der Waals surface area contributed by atoms with Gasteiger partial charge in [0.05, 0.1) is 13.5 Å². The van der Waals surface area contributed by atoms with Gasteiger partial charge in [-0.3, -0.25) is 14.5 Å². The average Bonchev–Trinajstić information content (AvgIpc) is 2.75. The second-order valence-electron chi connectivity index (χ2n) is 5.24. The molecule has 0 aliphatic carbocycles. The zero-order valence-corrected chi connectivity index (χ0v) is 13.0. The fourth-order valence-corrected chi connectivity index (χ4v) is 2.37. The lowest BCUT2D eigenvalue weighted by Crippen LogP contribution is -2.41. The molecule has 0 saturated carbocycles. The van der Waals surface area contributed by atoms with Crippen LogP contribution in [0.25, 0.3) is 0 Å². The summed E-state index contributed by atoms with van der Waals surface area (Å²) in [6.07, 6.45) is -0.118. The second-order valence-corrected chi connectivity index (χ2v) is 5.24. The number of carbonyl (C=O) groups is 3. The first-order valence-electron chi connectivity index (χ1n) is 7.04. The van der Waals surface area contributed by atoms with Crippen molar-refractivity contribution in [3.8, 4) is 5.75 Å². The smallest absolute Gasteiger partial charge is 0.387 e. The van der Waals surface area contributed by atoms with E-state index in [9.17, 15) is 23.2 Å². The minimum absolute atomic E-state index is 0.0586. The van der Waals surface area contributed by atoms with Crippen molar-refractivity contribution in [3.05, 3.63) is 29.8 Å². The normalized spacial score (nSPS) is 20.3. The number of esters is 1. The summed E-state index contributed by atoms with van der Waals surface area (Å²) in [6.45, 7) is -1.57. The van der Waals surface area contributed by atoms with Crippen molar-refractivity contribution >= 4 is 17.9 Å². The Labute approximate surface area is 136 Å². The largest absolute Gasteiger partial charge is 0.469 e. The molecule has 1 aliphatic rings. The maximum absolute atomic E-state index is 12.5. The molecule has 2 rings (SSSR count). The van der Waals surface area contributed by atoms with Gasteiger partial charge < -0.3 is 14.8 Å². The van der Waals surface area contributed by atoms with E-state index in [4.69, 9.17) is 0 Å². The predicted octanol–water partition coefficient (Wildman–Crippen LogP) is 1.62. The number of ether oxygens (including phenoxy) is 2. The molecule has 0 radical (unpaired) electrons. The Balaban J connectivity index is 2.16. The Kier molecular flexibility index (Phi) is 5.01. The van der Waals surface area contributed by atoms with Gasteiger partial charge in [0.1, 0.15) is 11.3 Å². The second kappa shape index (κ2) is 6.81. The van der Waals surface area contributed by atoms with Crippen LogP contribution in [0.15, 0.2) is 24.3 Å². The van der Waals surface area contributed by atoms with Crippen LogP contribution in [0.4, 0.5) is 13.6 Å². The van der Waals surface area contributed by atoms with Gasteiger partial charge in [0.2, 0.25) is 0 Å². The number of nitrogens with zero attached hydrogens (tertiary/aromatic N) is 1. The highest BCUT2D eigenvalue weighted by Gasteiger charge is 2.48. The number of rotatable bonds is 6. The van der Waals surface area contributed by atoms with E-state index in [1.165, 1.54) is 38.3 Å². The molecule has 1 fully saturated rings. The summed E-state index contributed by atoms with van der Waals surface area (Å²) in [4.78, 5) is 36.6. The molecule has 1 atom stereocenters. The van der Waals surface area contributed by atoms with Gasteiger partial charge in [-0.2, -0.15) is 8.78 Å². The number of amides is 3. The minimum atomic E-state index is -2.95. The van der Waals surface area contributed by atoms with E-state index < -0.39 is 30.1 Å². The quantitative estimate of drug-likeness (QED) is 0.627. The molecule has 24 heavy (non-hydrogen) atoms. The van der Waals surface area contributed by atoms with E-state index in [2.05, 4.69) is 14.8 Å². The number of hydrogen-bond donors (Lipinski definition) is 1. The van der Waals surface area contributed by atoms with Crippen molar-refractivity contribution in [2.24, 2.45) is 0 Å². The topological polar surface area (TPSA) is 84.9 Å². The highest BCUT2D eigenvalue weighted by Crippen LogP contribution is 2.30. The summed E-state index contributed by atoms with van der Waals surface area (Å²) < 4.78 is 33.0. The Bertz CT molecular complexity index is 650. The minimum Gasteiger partial charge on any atom is -0.469 e. The van der Waals surface area contributed by atoms with Crippen LogP contribution < -0.4 is 10.1 Å². The molecule has 0 unspecified atom stereocenters. The van der Waals surface area contributed by atoms with Gasteiger partial charge in [0.15, 0.2) is 0 Å². The summed E-state index contributed by atoms with van der Waals surface area (Å²) in [5.41, 5.74) is -0.945. The number of carbonyl (C=O) groups excluding carboxylic acids is 3. The van der Waals surface area contributed by atoms with E-state index in [1.54, 1.807) is 0 Å². The van der Waals surface area contributed by atoms with Gasteiger partial charge >= 0.3 is 18.6 Å². The molecule has 9 heteroatoms. The van der Waals surface area contributed by atoms with Gasteiger partial charge in [0, 0.05) is 6.54 Å². The van der Waals surface area contributed by atoms with Crippen molar-refractivity contribution in [1.82, 2.24) is 10.2 Å². The van der Waals surface area contributed by atoms with Gasteiger partial charge in [-0.25, -0.2) is 4.79 Å². The van der Waals surface area contributed by atoms with Crippen molar-refractivity contribution < 1.29 is 32.6 Å². The molecule has 0 bridgehead atoms. The van der Waals surface area contributed by atoms with Crippen LogP contribution in [0.3, 0.4) is 0 Å². The van der Waals surface area contributed by atoms with Crippen LogP contribution in [0.5, 0.6) is 5.75 Å². The van der Waals surface area contributed by atoms with Gasteiger partial charge in [-0.1, -0.05) is 12.1 Å². The highest BCUT2D eigenvalue weighted by atomic mass is 19.3. The van der Waals surface area contributed by atoms with Crippen molar-refractivity contribution in [1.29, 1.82) is 0 Å². The number of nitrogens with one attached hydrogen (secondary N) is 1. The van der Waals surface area contributed by atoms with Gasteiger partial charge in [-0.05, 0) is 24.6 Å². The van der Waals surface area contributed by atoms with Crippen LogP contribution in [0.2, 0.25) is 0 Å². The predicted molar refractivity (Wildman–Crippen MR) is 77.3 cm³/mol. The number of benzene rings is 1. The summed E-state index contributed by atoms with van der Waals surface area (Å²) >= 11 is 0. The molecular weight excluding hydrogens is 326 g/mol. The maximum atomic E-state index is 12.5. The third kappa shape index (κ3) is 3.44. The standard InChI is InChI=1S/C15H16F2N2O5/c1-15(9-3-5-10(6-4-9)24-13(16)17)12(21)19(14(22)18-15)8-7-11(20)23-2/h3-6,13H,7-8H2,1-2H3,(H,18,22)/t15-/m0/s1. The first kappa shape index (κ1) is 17.6. The summed E-state index contributed by atoms with van der Waals surface area (Å²) in [5, 5.41) is 2.54. The lowest BCUT2D eigenvalue weighted by Gasteiger charge is -2.22. The van der Waals surface area contributed by atoms with Crippen LogP contribution in [-0.2, 0) is 19.9 Å². The molecule has 1 aromatic rings. The van der Waals surface area contributed by atoms with Crippen LogP contribution in [-0.4, -0.2) is 43.1 Å². The summed E-state index contributed by atoms with van der Waals surface area (Å²) in [6, 6.07) is 4.76. The van der Waals surface area contributed by atoms with E-state index >= 15 is 0 Å². The third-order valence-electron chi connectivity index (χ3n) is 3.70. The summed E-state index contributed by atoms with van der Waals surface area (Å²) in [5.74, 6) is -1.15. The van der Waals surface area contributed by atoms with Crippen molar-refractivity contribution in [2.75, 3.05) is 13.7 Å². The molecular formula is C15H16F2N2O5. The van der Waals surface area contributed by atoms with E-state index in [0.29, 0.717) is 5.56 Å². The van der Waals surface area contributed by atoms with Gasteiger partial charge in [-0.15, -0.1) is 0 Å². The molecule has 0 spiro atoms. The fourth-order valence-electron chi connectivity index (χ4n) is 2.37. The van der Waals surface area contributed by atoms with E-state index in [1.807, 2.05) is 0 Å². The van der Waals surface area contributed by atoms with Crippen molar-refractivity contribution in [3.63, 3.8) is 0 Å². The monoisotopic (exact) mass is 342 g/mol. The Morgan fingerprint density at radius 2 is 1.92 bits per heavy atom. The fraction of sp³-hybridized carbons (Fsp3) is 0.400. The van der Waals surface area contributed by atoms with Crippen LogP contribution in [0, 0.1) is 0 Å². The zero-order chi connectivity index (χ0) is 17.9. The number of methoxy groups -OCH3 is 1. The summed E-state index contributed by atoms with van der Waals surface area (Å²) in [7, 11) is 1.21. The molecule has 7 nitrogen and oxygen atoms in total. The lowest BCUT2D eigenvalue weighted by atomic mass is 9.92. The van der Waals surface area contributed by atoms with Crippen LogP contribution in [0.1, 0.15) is 18.9 Å². The lowest BCUT2D eigenvalue weighted by molar-refractivity contribution is -0.141. The molecule has 1 heterocycles. The molecule has 1 aliphatic heterocycles.